The van der Waals surface area contributed by atoms with Crippen molar-refractivity contribution in [1.82, 2.24) is 10.1 Å². The van der Waals surface area contributed by atoms with Gasteiger partial charge in [0.25, 0.3) is 0 Å². The quantitative estimate of drug-likeness (QED) is 0.917. The van der Waals surface area contributed by atoms with Gasteiger partial charge in [0.05, 0.1) is 18.3 Å². The van der Waals surface area contributed by atoms with Gasteiger partial charge in [-0.3, -0.25) is 4.90 Å². The largest absolute Gasteiger partial charge is 0.504 e. The van der Waals surface area contributed by atoms with Crippen molar-refractivity contribution in [3.05, 3.63) is 41.3 Å². The molecule has 3 rings (SSSR count). The Labute approximate surface area is 130 Å². The van der Waals surface area contributed by atoms with Crippen LogP contribution in [0, 0.1) is 6.92 Å². The van der Waals surface area contributed by atoms with Gasteiger partial charge >= 0.3 is 0 Å². The standard InChI is InChI=1S/C17H22N2O3/c1-3-21-17-10-13(6-7-15(17)20)11-19-8-4-5-14(19)16-9-12(2)18-22-16/h6-7,9-10,14,20H,3-5,8,11H2,1-2H3/t14-/m0/s1. The molecular formula is C17H22N2O3. The Morgan fingerprint density at radius 2 is 2.27 bits per heavy atom. The molecule has 118 valence electrons. The van der Waals surface area contributed by atoms with Crippen LogP contribution in [0.15, 0.2) is 28.8 Å². The Kier molecular flexibility index (Phi) is 4.34. The van der Waals surface area contributed by atoms with Gasteiger partial charge in [0, 0.05) is 12.6 Å². The van der Waals surface area contributed by atoms with E-state index < -0.39 is 0 Å². The predicted molar refractivity (Wildman–Crippen MR) is 82.9 cm³/mol. The lowest BCUT2D eigenvalue weighted by Gasteiger charge is -2.22. The summed E-state index contributed by atoms with van der Waals surface area (Å²) in [6.45, 7) is 6.25. The molecule has 1 aliphatic heterocycles. The van der Waals surface area contributed by atoms with E-state index in [1.165, 1.54) is 0 Å². The smallest absolute Gasteiger partial charge is 0.161 e. The molecular weight excluding hydrogens is 280 g/mol. The summed E-state index contributed by atoms with van der Waals surface area (Å²) >= 11 is 0. The normalized spacial score (nSPS) is 18.7. The number of aryl methyl sites for hydroxylation is 1. The molecule has 0 saturated carbocycles. The summed E-state index contributed by atoms with van der Waals surface area (Å²) in [6.07, 6.45) is 2.24. The number of benzene rings is 1. The summed E-state index contributed by atoms with van der Waals surface area (Å²) in [6, 6.07) is 7.86. The summed E-state index contributed by atoms with van der Waals surface area (Å²) in [7, 11) is 0. The molecule has 5 nitrogen and oxygen atoms in total. The maximum Gasteiger partial charge on any atom is 0.161 e. The van der Waals surface area contributed by atoms with Gasteiger partial charge in [-0.25, -0.2) is 0 Å². The Morgan fingerprint density at radius 1 is 1.41 bits per heavy atom. The van der Waals surface area contributed by atoms with Gasteiger partial charge in [-0.1, -0.05) is 11.2 Å². The van der Waals surface area contributed by atoms with Crippen molar-refractivity contribution >= 4 is 0 Å². The minimum Gasteiger partial charge on any atom is -0.504 e. The number of phenolic OH excluding ortho intramolecular Hbond substituents is 1. The van der Waals surface area contributed by atoms with Gasteiger partial charge in [0.2, 0.25) is 0 Å². The molecule has 0 spiro atoms. The molecule has 1 aliphatic rings. The van der Waals surface area contributed by atoms with Crippen LogP contribution < -0.4 is 4.74 Å². The molecule has 1 atom stereocenters. The third kappa shape index (κ3) is 3.09. The van der Waals surface area contributed by atoms with Gasteiger partial charge in [-0.2, -0.15) is 0 Å². The van der Waals surface area contributed by atoms with E-state index in [0.717, 1.165) is 42.9 Å². The molecule has 1 aromatic carbocycles. The minimum absolute atomic E-state index is 0.189. The lowest BCUT2D eigenvalue weighted by atomic mass is 10.1. The number of ether oxygens (including phenoxy) is 1. The average Bonchev–Trinajstić information content (AvgIpc) is 3.11. The van der Waals surface area contributed by atoms with Gasteiger partial charge < -0.3 is 14.4 Å². The molecule has 2 heterocycles. The molecule has 22 heavy (non-hydrogen) atoms. The van der Waals surface area contributed by atoms with Crippen molar-refractivity contribution in [1.29, 1.82) is 0 Å². The van der Waals surface area contributed by atoms with E-state index in [1.54, 1.807) is 6.07 Å². The van der Waals surface area contributed by atoms with Crippen LogP contribution in [-0.4, -0.2) is 28.3 Å². The third-order valence-electron chi connectivity index (χ3n) is 4.05. The lowest BCUT2D eigenvalue weighted by Crippen LogP contribution is -2.22. The first kappa shape index (κ1) is 14.9. The number of phenols is 1. The van der Waals surface area contributed by atoms with Crippen LogP contribution >= 0.6 is 0 Å². The van der Waals surface area contributed by atoms with E-state index in [4.69, 9.17) is 9.26 Å². The number of likely N-dealkylation sites (tertiary alicyclic amines) is 1. The summed E-state index contributed by atoms with van der Waals surface area (Å²) in [5, 5.41) is 13.8. The van der Waals surface area contributed by atoms with Crippen LogP contribution in [0.25, 0.3) is 0 Å². The highest BCUT2D eigenvalue weighted by Gasteiger charge is 2.29. The van der Waals surface area contributed by atoms with Crippen molar-refractivity contribution in [2.75, 3.05) is 13.2 Å². The molecule has 0 aliphatic carbocycles. The zero-order valence-corrected chi connectivity index (χ0v) is 13.1. The zero-order chi connectivity index (χ0) is 15.5. The predicted octanol–water partition coefficient (Wildman–Crippen LogP) is 3.42. The topological polar surface area (TPSA) is 58.7 Å². The van der Waals surface area contributed by atoms with E-state index in [-0.39, 0.29) is 11.8 Å². The summed E-state index contributed by atoms with van der Waals surface area (Å²) < 4.78 is 10.9. The van der Waals surface area contributed by atoms with Crippen LogP contribution in [0.2, 0.25) is 0 Å². The average molecular weight is 302 g/mol. The van der Waals surface area contributed by atoms with E-state index in [0.29, 0.717) is 12.4 Å². The highest BCUT2D eigenvalue weighted by molar-refractivity contribution is 5.41. The number of aromatic nitrogens is 1. The highest BCUT2D eigenvalue weighted by Crippen LogP contribution is 2.34. The first-order valence-corrected chi connectivity index (χ1v) is 7.79. The summed E-state index contributed by atoms with van der Waals surface area (Å²) in [5.74, 6) is 1.68. The van der Waals surface area contributed by atoms with Crippen molar-refractivity contribution in [2.24, 2.45) is 0 Å². The van der Waals surface area contributed by atoms with Crippen molar-refractivity contribution in [3.63, 3.8) is 0 Å². The van der Waals surface area contributed by atoms with Crippen LogP contribution in [-0.2, 0) is 6.54 Å². The third-order valence-corrected chi connectivity index (χ3v) is 4.05. The zero-order valence-electron chi connectivity index (χ0n) is 13.1. The van der Waals surface area contributed by atoms with Crippen molar-refractivity contribution in [3.8, 4) is 11.5 Å². The fourth-order valence-corrected chi connectivity index (χ4v) is 3.04. The van der Waals surface area contributed by atoms with Crippen molar-refractivity contribution in [2.45, 2.75) is 39.3 Å². The van der Waals surface area contributed by atoms with E-state index in [9.17, 15) is 5.11 Å². The second-order valence-electron chi connectivity index (χ2n) is 5.73. The Morgan fingerprint density at radius 3 is 3.00 bits per heavy atom. The molecule has 2 aromatic rings. The second-order valence-corrected chi connectivity index (χ2v) is 5.73. The molecule has 1 aromatic heterocycles. The highest BCUT2D eigenvalue weighted by atomic mass is 16.5. The number of aromatic hydroxyl groups is 1. The van der Waals surface area contributed by atoms with E-state index in [2.05, 4.69) is 10.1 Å². The minimum atomic E-state index is 0.189. The lowest BCUT2D eigenvalue weighted by molar-refractivity contribution is 0.206. The molecule has 0 bridgehead atoms. The molecule has 0 amide bonds. The van der Waals surface area contributed by atoms with E-state index >= 15 is 0 Å². The fraction of sp³-hybridized carbons (Fsp3) is 0.471. The van der Waals surface area contributed by atoms with Gasteiger partial charge in [-0.05, 0) is 50.9 Å². The van der Waals surface area contributed by atoms with Crippen LogP contribution in [0.5, 0.6) is 11.5 Å². The molecule has 1 saturated heterocycles. The van der Waals surface area contributed by atoms with Gasteiger partial charge in [-0.15, -0.1) is 0 Å². The fourth-order valence-electron chi connectivity index (χ4n) is 3.04. The number of rotatable bonds is 5. The SMILES string of the molecule is CCOc1cc(CN2CCC[C@H]2c2cc(C)no2)ccc1O. The first-order chi connectivity index (χ1) is 10.7. The van der Waals surface area contributed by atoms with E-state index in [1.807, 2.05) is 32.0 Å². The Hall–Kier alpha value is -2.01. The molecule has 1 fully saturated rings. The maximum absolute atomic E-state index is 9.80. The number of nitrogens with zero attached hydrogens (tertiary/aromatic N) is 2. The second kappa shape index (κ2) is 6.40. The molecule has 0 unspecified atom stereocenters. The monoisotopic (exact) mass is 302 g/mol. The summed E-state index contributed by atoms with van der Waals surface area (Å²) in [5.41, 5.74) is 2.05. The molecule has 5 heteroatoms. The molecule has 0 radical (unpaired) electrons. The number of hydrogen-bond donors (Lipinski definition) is 1. The van der Waals surface area contributed by atoms with Gasteiger partial charge in [0.1, 0.15) is 0 Å². The van der Waals surface area contributed by atoms with Gasteiger partial charge in [0.15, 0.2) is 17.3 Å². The van der Waals surface area contributed by atoms with Crippen molar-refractivity contribution < 1.29 is 14.4 Å². The molecule has 1 N–H and O–H groups in total. The van der Waals surface area contributed by atoms with Crippen LogP contribution in [0.1, 0.15) is 42.8 Å². The first-order valence-electron chi connectivity index (χ1n) is 7.79. The number of hydrogen-bond acceptors (Lipinski definition) is 5. The van der Waals surface area contributed by atoms with Crippen LogP contribution in [0.4, 0.5) is 0 Å². The van der Waals surface area contributed by atoms with Crippen LogP contribution in [0.3, 0.4) is 0 Å². The Balaban J connectivity index is 1.75. The maximum atomic E-state index is 9.80. The Bertz CT molecular complexity index is 639. The summed E-state index contributed by atoms with van der Waals surface area (Å²) in [4.78, 5) is 2.39.